The van der Waals surface area contributed by atoms with Crippen molar-refractivity contribution in [3.8, 4) is 0 Å². The number of carbonyl (C=O) groups is 1. The van der Waals surface area contributed by atoms with Crippen molar-refractivity contribution in [2.24, 2.45) is 5.92 Å². The summed E-state index contributed by atoms with van der Waals surface area (Å²) in [6, 6.07) is 9.42. The maximum atomic E-state index is 12.9. The highest BCUT2D eigenvalue weighted by atomic mass is 35.5. The number of rotatable bonds is 9. The van der Waals surface area contributed by atoms with Crippen LogP contribution in [0.4, 0.5) is 13.2 Å². The first kappa shape index (κ1) is 29.9. The fourth-order valence-electron chi connectivity index (χ4n) is 4.00. The van der Waals surface area contributed by atoms with Gasteiger partial charge in [-0.15, -0.1) is 24.8 Å². The minimum atomic E-state index is -4.28. The Kier molecular flexibility index (Phi) is 13.2. The van der Waals surface area contributed by atoms with E-state index in [-0.39, 0.29) is 30.7 Å². The molecule has 1 amide bonds. The Morgan fingerprint density at radius 1 is 1.12 bits per heavy atom. The number of carbonyl (C=O) groups excluding carboxylic acids is 1. The van der Waals surface area contributed by atoms with Crippen LogP contribution in [0.2, 0.25) is 0 Å². The first-order valence-corrected chi connectivity index (χ1v) is 11.1. The van der Waals surface area contributed by atoms with Gasteiger partial charge in [0.2, 0.25) is 5.91 Å². The second-order valence-corrected chi connectivity index (χ2v) is 8.31. The number of hydrogen-bond acceptors (Lipinski definition) is 3. The van der Waals surface area contributed by atoms with Gasteiger partial charge in [-0.1, -0.05) is 24.3 Å². The van der Waals surface area contributed by atoms with Gasteiger partial charge < -0.3 is 10.2 Å². The monoisotopic (exact) mass is 517 g/mol. The second-order valence-electron chi connectivity index (χ2n) is 8.31. The number of likely N-dealkylation sites (tertiary alicyclic amines) is 1. The summed E-state index contributed by atoms with van der Waals surface area (Å²) in [6.07, 6.45) is 7.01. The molecule has 1 aliphatic heterocycles. The van der Waals surface area contributed by atoms with E-state index in [1.807, 2.05) is 12.1 Å². The van der Waals surface area contributed by atoms with E-state index in [0.717, 1.165) is 62.5 Å². The molecule has 0 saturated carbocycles. The number of nitrogens with zero attached hydrogens (tertiary/aromatic N) is 2. The van der Waals surface area contributed by atoms with Crippen molar-refractivity contribution in [1.29, 1.82) is 0 Å². The molecule has 2 heterocycles. The van der Waals surface area contributed by atoms with Crippen molar-refractivity contribution in [2.45, 2.75) is 38.3 Å². The normalized spacial score (nSPS) is 14.9. The third-order valence-corrected chi connectivity index (χ3v) is 5.80. The van der Waals surface area contributed by atoms with Crippen LogP contribution in [0.25, 0.3) is 6.08 Å². The number of amides is 1. The highest BCUT2D eigenvalue weighted by Gasteiger charge is 2.30. The number of alkyl halides is 3. The van der Waals surface area contributed by atoms with E-state index >= 15 is 0 Å². The molecule has 0 aliphatic carbocycles. The van der Waals surface area contributed by atoms with Gasteiger partial charge in [0.1, 0.15) is 0 Å². The van der Waals surface area contributed by atoms with Crippen molar-refractivity contribution in [3.05, 3.63) is 71.6 Å². The molecule has 34 heavy (non-hydrogen) atoms. The molecule has 1 fully saturated rings. The molecule has 0 bridgehead atoms. The van der Waals surface area contributed by atoms with Crippen LogP contribution >= 0.6 is 24.8 Å². The lowest BCUT2D eigenvalue weighted by atomic mass is 9.89. The van der Waals surface area contributed by atoms with Gasteiger partial charge in [0, 0.05) is 25.0 Å². The van der Waals surface area contributed by atoms with Crippen LogP contribution in [0, 0.1) is 5.92 Å². The topological polar surface area (TPSA) is 45.2 Å². The quantitative estimate of drug-likeness (QED) is 0.337. The molecular formula is C25H32Cl2F3N3O. The highest BCUT2D eigenvalue weighted by Crippen LogP contribution is 2.31. The predicted octanol–water partition coefficient (Wildman–Crippen LogP) is 5.81. The van der Waals surface area contributed by atoms with Gasteiger partial charge in [-0.25, -0.2) is 0 Å². The molecule has 0 spiro atoms. The summed E-state index contributed by atoms with van der Waals surface area (Å²) in [5, 5.41) is 2.90. The Labute approximate surface area is 211 Å². The van der Waals surface area contributed by atoms with Crippen LogP contribution in [0.15, 0.2) is 54.9 Å². The highest BCUT2D eigenvalue weighted by molar-refractivity contribution is 5.91. The standard InChI is InChI=1S/C25H30F3N3O.2ClH/c26-25(27,28)23-7-3-5-22(18-23)17-20-10-15-31(16-11-20)14-2-1-13-30-24(32)9-8-21-6-4-12-29-19-21;;/h3-9,12,18-20H,1-2,10-11,13-17H2,(H,30,32);2*1H. The SMILES string of the molecule is Cl.Cl.O=C(C=Cc1cccnc1)NCCCCN1CCC(Cc2cccc(C(F)(F)F)c2)CC1. The molecule has 3 rings (SSSR count). The molecule has 0 unspecified atom stereocenters. The largest absolute Gasteiger partial charge is 0.416 e. The Balaban J connectivity index is 0.00000289. The van der Waals surface area contributed by atoms with Crippen molar-refractivity contribution >= 4 is 36.8 Å². The molecule has 4 nitrogen and oxygen atoms in total. The Bertz CT molecular complexity index is 886. The van der Waals surface area contributed by atoms with Crippen LogP contribution in [-0.2, 0) is 17.4 Å². The van der Waals surface area contributed by atoms with E-state index in [0.29, 0.717) is 18.9 Å². The Morgan fingerprint density at radius 2 is 1.88 bits per heavy atom. The smallest absolute Gasteiger partial charge is 0.353 e. The van der Waals surface area contributed by atoms with Crippen LogP contribution < -0.4 is 5.32 Å². The summed E-state index contributed by atoms with van der Waals surface area (Å²) >= 11 is 0. The maximum absolute atomic E-state index is 12.9. The van der Waals surface area contributed by atoms with E-state index in [2.05, 4.69) is 15.2 Å². The minimum absolute atomic E-state index is 0. The van der Waals surface area contributed by atoms with Gasteiger partial charge >= 0.3 is 6.18 Å². The summed E-state index contributed by atoms with van der Waals surface area (Å²) in [6.45, 7) is 3.58. The van der Waals surface area contributed by atoms with Gasteiger partial charge in [-0.2, -0.15) is 13.2 Å². The lowest BCUT2D eigenvalue weighted by molar-refractivity contribution is -0.137. The molecular weight excluding hydrogens is 486 g/mol. The molecule has 1 N–H and O–H groups in total. The van der Waals surface area contributed by atoms with Gasteiger partial charge in [0.15, 0.2) is 0 Å². The molecule has 0 radical (unpaired) electrons. The first-order chi connectivity index (χ1) is 15.4. The third-order valence-electron chi connectivity index (χ3n) is 5.80. The van der Waals surface area contributed by atoms with E-state index in [4.69, 9.17) is 0 Å². The summed E-state index contributed by atoms with van der Waals surface area (Å²) in [5.41, 5.74) is 1.10. The number of halogens is 5. The number of pyridine rings is 1. The van der Waals surface area contributed by atoms with Gasteiger partial charge in [0.25, 0.3) is 0 Å². The average Bonchev–Trinajstić information content (AvgIpc) is 2.79. The van der Waals surface area contributed by atoms with E-state index in [1.165, 1.54) is 18.2 Å². The molecule has 188 valence electrons. The van der Waals surface area contributed by atoms with Crippen LogP contribution in [0.3, 0.4) is 0 Å². The molecule has 2 aromatic rings. The fourth-order valence-corrected chi connectivity index (χ4v) is 4.00. The lowest BCUT2D eigenvalue weighted by Gasteiger charge is -2.32. The zero-order valence-electron chi connectivity index (χ0n) is 19.0. The van der Waals surface area contributed by atoms with Crippen molar-refractivity contribution in [1.82, 2.24) is 15.2 Å². The van der Waals surface area contributed by atoms with Crippen molar-refractivity contribution in [2.75, 3.05) is 26.2 Å². The van der Waals surface area contributed by atoms with Gasteiger partial charge in [-0.3, -0.25) is 9.78 Å². The average molecular weight is 518 g/mol. The van der Waals surface area contributed by atoms with Crippen molar-refractivity contribution in [3.63, 3.8) is 0 Å². The van der Waals surface area contributed by atoms with Crippen LogP contribution in [-0.4, -0.2) is 42.0 Å². The molecule has 0 atom stereocenters. The molecule has 1 saturated heterocycles. The second kappa shape index (κ2) is 15.0. The summed E-state index contributed by atoms with van der Waals surface area (Å²) in [7, 11) is 0. The number of aromatic nitrogens is 1. The number of benzene rings is 1. The Morgan fingerprint density at radius 3 is 2.56 bits per heavy atom. The number of piperidine rings is 1. The maximum Gasteiger partial charge on any atom is 0.416 e. The van der Waals surface area contributed by atoms with Crippen molar-refractivity contribution < 1.29 is 18.0 Å². The summed E-state index contributed by atoms with van der Waals surface area (Å²) < 4.78 is 38.7. The molecule has 1 aromatic heterocycles. The number of unbranched alkanes of at least 4 members (excludes halogenated alkanes) is 1. The van der Waals surface area contributed by atoms with E-state index < -0.39 is 11.7 Å². The Hall–Kier alpha value is -2.09. The zero-order valence-corrected chi connectivity index (χ0v) is 20.6. The van der Waals surface area contributed by atoms with Crippen LogP contribution in [0.5, 0.6) is 0 Å². The van der Waals surface area contributed by atoms with Gasteiger partial charge in [0.05, 0.1) is 5.56 Å². The zero-order chi connectivity index (χ0) is 22.8. The predicted molar refractivity (Wildman–Crippen MR) is 134 cm³/mol. The van der Waals surface area contributed by atoms with Gasteiger partial charge in [-0.05, 0) is 87.0 Å². The first-order valence-electron chi connectivity index (χ1n) is 11.1. The minimum Gasteiger partial charge on any atom is -0.353 e. The number of nitrogens with one attached hydrogen (secondary N) is 1. The molecule has 9 heteroatoms. The third kappa shape index (κ3) is 10.5. The molecule has 1 aromatic carbocycles. The molecule has 1 aliphatic rings. The summed E-state index contributed by atoms with van der Waals surface area (Å²) in [4.78, 5) is 18.3. The van der Waals surface area contributed by atoms with Crippen LogP contribution in [0.1, 0.15) is 42.4 Å². The fraction of sp³-hybridized carbons (Fsp3) is 0.440. The van der Waals surface area contributed by atoms with E-state index in [9.17, 15) is 18.0 Å². The lowest BCUT2D eigenvalue weighted by Crippen LogP contribution is -2.35. The van der Waals surface area contributed by atoms with E-state index in [1.54, 1.807) is 24.5 Å². The number of hydrogen-bond donors (Lipinski definition) is 1. The summed E-state index contributed by atoms with van der Waals surface area (Å²) in [5.74, 6) is 0.324.